The van der Waals surface area contributed by atoms with Gasteiger partial charge in [0, 0.05) is 16.6 Å². The third kappa shape index (κ3) is 4.97. The van der Waals surface area contributed by atoms with Crippen molar-refractivity contribution >= 4 is 29.4 Å². The Morgan fingerprint density at radius 1 is 1.33 bits per heavy atom. The highest BCUT2D eigenvalue weighted by Gasteiger charge is 2.18. The highest BCUT2D eigenvalue weighted by molar-refractivity contribution is 8.00. The van der Waals surface area contributed by atoms with Crippen molar-refractivity contribution in [2.45, 2.75) is 43.5 Å². The second-order valence-electron chi connectivity index (χ2n) is 5.32. The van der Waals surface area contributed by atoms with Gasteiger partial charge >= 0.3 is 6.03 Å². The Morgan fingerprint density at radius 2 is 2.05 bits per heavy atom. The normalized spacial score (nSPS) is 14.9. The van der Waals surface area contributed by atoms with Crippen LogP contribution >= 0.6 is 11.8 Å². The first kappa shape index (κ1) is 15.7. The fourth-order valence-corrected chi connectivity index (χ4v) is 3.24. The van der Waals surface area contributed by atoms with E-state index in [1.54, 1.807) is 6.07 Å². The Labute approximate surface area is 129 Å². The summed E-state index contributed by atoms with van der Waals surface area (Å²) in [6.07, 6.45) is 4.29. The van der Waals surface area contributed by atoms with Crippen LogP contribution in [0.5, 0.6) is 0 Å². The van der Waals surface area contributed by atoms with E-state index in [9.17, 15) is 9.59 Å². The van der Waals surface area contributed by atoms with E-state index in [1.165, 1.54) is 11.8 Å². The number of rotatable bonds is 4. The number of anilines is 1. The van der Waals surface area contributed by atoms with Crippen molar-refractivity contribution in [2.75, 3.05) is 11.5 Å². The molecule has 0 heterocycles. The predicted octanol–water partition coefficient (Wildman–Crippen LogP) is 2.44. The van der Waals surface area contributed by atoms with Gasteiger partial charge in [-0.2, -0.15) is 0 Å². The van der Waals surface area contributed by atoms with Crippen molar-refractivity contribution in [1.82, 2.24) is 10.6 Å². The summed E-state index contributed by atoms with van der Waals surface area (Å²) in [5.74, 6) is -0.0743. The molecular weight excluding hydrogens is 286 g/mol. The summed E-state index contributed by atoms with van der Waals surface area (Å²) in [5, 5.41) is 5.20. The van der Waals surface area contributed by atoms with Gasteiger partial charge in [-0.3, -0.25) is 10.1 Å². The van der Waals surface area contributed by atoms with E-state index < -0.39 is 0 Å². The van der Waals surface area contributed by atoms with Gasteiger partial charge in [-0.05, 0) is 43.5 Å². The van der Waals surface area contributed by atoms with Gasteiger partial charge in [0.1, 0.15) is 0 Å². The molecule has 0 saturated heterocycles. The van der Waals surface area contributed by atoms with E-state index in [-0.39, 0.29) is 23.7 Å². The molecule has 0 aliphatic heterocycles. The van der Waals surface area contributed by atoms with Crippen LogP contribution in [0, 0.1) is 6.92 Å². The van der Waals surface area contributed by atoms with E-state index in [2.05, 4.69) is 10.6 Å². The maximum Gasteiger partial charge on any atom is 0.321 e. The van der Waals surface area contributed by atoms with Gasteiger partial charge < -0.3 is 11.1 Å². The lowest BCUT2D eigenvalue weighted by Crippen LogP contribution is -2.44. The molecule has 6 heteroatoms. The number of urea groups is 1. The minimum absolute atomic E-state index is 0.211. The van der Waals surface area contributed by atoms with Crippen LogP contribution in [-0.4, -0.2) is 23.7 Å². The molecule has 0 bridgehead atoms. The van der Waals surface area contributed by atoms with Gasteiger partial charge in [0.05, 0.1) is 5.75 Å². The fraction of sp³-hybridized carbons (Fsp3) is 0.467. The zero-order valence-electron chi connectivity index (χ0n) is 12.1. The number of hydrogen-bond donors (Lipinski definition) is 3. The van der Waals surface area contributed by atoms with Crippen LogP contribution in [0.2, 0.25) is 0 Å². The van der Waals surface area contributed by atoms with E-state index in [0.717, 1.165) is 36.1 Å². The van der Waals surface area contributed by atoms with Crippen molar-refractivity contribution in [1.29, 1.82) is 0 Å². The van der Waals surface area contributed by atoms with Crippen molar-refractivity contribution in [3.8, 4) is 0 Å². The molecule has 5 nitrogen and oxygen atoms in total. The van der Waals surface area contributed by atoms with Gasteiger partial charge in [0.25, 0.3) is 0 Å². The van der Waals surface area contributed by atoms with Crippen LogP contribution < -0.4 is 16.4 Å². The average molecular weight is 307 g/mol. The monoisotopic (exact) mass is 307 g/mol. The Morgan fingerprint density at radius 3 is 2.71 bits per heavy atom. The van der Waals surface area contributed by atoms with Crippen molar-refractivity contribution in [3.63, 3.8) is 0 Å². The number of imide groups is 1. The molecule has 0 unspecified atom stereocenters. The summed E-state index contributed by atoms with van der Waals surface area (Å²) in [7, 11) is 0. The largest absolute Gasteiger partial charge is 0.399 e. The van der Waals surface area contributed by atoms with Gasteiger partial charge in [0.15, 0.2) is 0 Å². The van der Waals surface area contributed by atoms with Crippen LogP contribution in [0.4, 0.5) is 10.5 Å². The van der Waals surface area contributed by atoms with Gasteiger partial charge in [0.2, 0.25) is 5.91 Å². The molecule has 0 radical (unpaired) electrons. The summed E-state index contributed by atoms with van der Waals surface area (Å²) in [4.78, 5) is 24.4. The maximum absolute atomic E-state index is 11.8. The van der Waals surface area contributed by atoms with E-state index in [1.807, 2.05) is 19.1 Å². The van der Waals surface area contributed by atoms with E-state index >= 15 is 0 Å². The number of hydrogen-bond acceptors (Lipinski definition) is 4. The van der Waals surface area contributed by atoms with Crippen LogP contribution in [0.3, 0.4) is 0 Å². The number of benzene rings is 1. The lowest BCUT2D eigenvalue weighted by Gasteiger charge is -2.12. The predicted molar refractivity (Wildman–Crippen MR) is 85.2 cm³/mol. The van der Waals surface area contributed by atoms with Gasteiger partial charge in [-0.15, -0.1) is 11.8 Å². The zero-order valence-corrected chi connectivity index (χ0v) is 13.0. The molecule has 1 aromatic rings. The van der Waals surface area contributed by atoms with Gasteiger partial charge in [-0.1, -0.05) is 12.8 Å². The SMILES string of the molecule is Cc1cc(N)ccc1SCC(=O)NC(=O)NC1CCCC1. The first-order valence-electron chi connectivity index (χ1n) is 7.14. The summed E-state index contributed by atoms with van der Waals surface area (Å²) < 4.78 is 0. The number of carbonyl (C=O) groups is 2. The molecule has 1 saturated carbocycles. The van der Waals surface area contributed by atoms with E-state index in [4.69, 9.17) is 5.73 Å². The highest BCUT2D eigenvalue weighted by Crippen LogP contribution is 2.23. The van der Waals surface area contributed by atoms with Gasteiger partial charge in [-0.25, -0.2) is 4.79 Å². The number of nitrogens with one attached hydrogen (secondary N) is 2. The number of amides is 3. The second-order valence-corrected chi connectivity index (χ2v) is 6.33. The lowest BCUT2D eigenvalue weighted by molar-refractivity contribution is -0.117. The minimum Gasteiger partial charge on any atom is -0.399 e. The zero-order chi connectivity index (χ0) is 15.2. The molecule has 21 heavy (non-hydrogen) atoms. The first-order chi connectivity index (χ1) is 10.0. The standard InChI is InChI=1S/C15H21N3O2S/c1-10-8-11(16)6-7-13(10)21-9-14(19)18-15(20)17-12-4-2-3-5-12/h6-8,12H,2-5,9,16H2,1H3,(H2,17,18,19,20). The Balaban J connectivity index is 1.75. The van der Waals surface area contributed by atoms with Crippen molar-refractivity contribution in [2.24, 2.45) is 0 Å². The minimum atomic E-state index is -0.387. The number of aryl methyl sites for hydroxylation is 1. The molecule has 1 aromatic carbocycles. The highest BCUT2D eigenvalue weighted by atomic mass is 32.2. The maximum atomic E-state index is 11.8. The number of nitrogen functional groups attached to an aromatic ring is 1. The molecule has 1 aliphatic carbocycles. The topological polar surface area (TPSA) is 84.2 Å². The molecule has 4 N–H and O–H groups in total. The third-order valence-corrected chi connectivity index (χ3v) is 4.68. The molecule has 3 amide bonds. The van der Waals surface area contributed by atoms with Crippen LogP contribution in [0.15, 0.2) is 23.1 Å². The second kappa shape index (κ2) is 7.36. The molecule has 2 rings (SSSR count). The fourth-order valence-electron chi connectivity index (χ4n) is 2.43. The quantitative estimate of drug-likeness (QED) is 0.589. The molecule has 114 valence electrons. The Hall–Kier alpha value is -1.69. The molecule has 1 fully saturated rings. The molecule has 0 spiro atoms. The van der Waals surface area contributed by atoms with Crippen molar-refractivity contribution in [3.05, 3.63) is 23.8 Å². The average Bonchev–Trinajstić information content (AvgIpc) is 2.90. The molecule has 1 aliphatic rings. The molecular formula is C15H21N3O2S. The Kier molecular flexibility index (Phi) is 5.50. The molecule has 0 atom stereocenters. The smallest absolute Gasteiger partial charge is 0.321 e. The summed E-state index contributed by atoms with van der Waals surface area (Å²) in [6.45, 7) is 1.95. The summed E-state index contributed by atoms with van der Waals surface area (Å²) in [5.41, 5.74) is 7.42. The molecule has 0 aromatic heterocycles. The number of nitrogens with two attached hydrogens (primary N) is 1. The third-order valence-electron chi connectivity index (χ3n) is 3.50. The summed E-state index contributed by atoms with van der Waals surface area (Å²) in [6, 6.07) is 5.39. The summed E-state index contributed by atoms with van der Waals surface area (Å²) >= 11 is 1.40. The van der Waals surface area contributed by atoms with Crippen LogP contribution in [0.1, 0.15) is 31.2 Å². The lowest BCUT2D eigenvalue weighted by atomic mass is 10.2. The number of thioether (sulfide) groups is 1. The van der Waals surface area contributed by atoms with Crippen LogP contribution in [-0.2, 0) is 4.79 Å². The first-order valence-corrected chi connectivity index (χ1v) is 8.12. The van der Waals surface area contributed by atoms with Crippen LogP contribution in [0.25, 0.3) is 0 Å². The Bertz CT molecular complexity index is 528. The van der Waals surface area contributed by atoms with Crippen molar-refractivity contribution < 1.29 is 9.59 Å². The number of carbonyl (C=O) groups excluding carboxylic acids is 2. The van der Waals surface area contributed by atoms with E-state index in [0.29, 0.717) is 5.69 Å².